The first-order valence-corrected chi connectivity index (χ1v) is 21.6. The van der Waals surface area contributed by atoms with E-state index in [1.54, 1.807) is 0 Å². The average molecular weight is 775 g/mol. The van der Waals surface area contributed by atoms with Crippen LogP contribution >= 0.6 is 0 Å². The van der Waals surface area contributed by atoms with Crippen molar-refractivity contribution in [2.24, 2.45) is 59.2 Å². The van der Waals surface area contributed by atoms with E-state index in [0.29, 0.717) is 12.0 Å². The summed E-state index contributed by atoms with van der Waals surface area (Å²) in [6, 6.07) is 0. The second-order valence-electron chi connectivity index (χ2n) is 18.6. The van der Waals surface area contributed by atoms with E-state index >= 15 is 0 Å². The van der Waals surface area contributed by atoms with Crippen LogP contribution in [0.4, 0.5) is 0 Å². The molecule has 0 amide bonds. The van der Waals surface area contributed by atoms with Gasteiger partial charge in [0.2, 0.25) is 0 Å². The second kappa shape index (κ2) is 39.7. The van der Waals surface area contributed by atoms with Gasteiger partial charge in [-0.15, -0.1) is 0 Å². The van der Waals surface area contributed by atoms with Crippen LogP contribution in [0.15, 0.2) is 0 Å². The largest absolute Gasteiger partial charge is 0.378 e. The quantitative estimate of drug-likeness (QED) is 0.245. The van der Waals surface area contributed by atoms with Crippen LogP contribution in [-0.4, -0.2) is 32.2 Å². The summed E-state index contributed by atoms with van der Waals surface area (Å²) in [6.07, 6.45) is 26.7. The third-order valence-corrected chi connectivity index (χ3v) is 12.2. The monoisotopic (exact) mass is 775 g/mol. The van der Waals surface area contributed by atoms with E-state index in [4.69, 9.17) is 14.2 Å². The highest BCUT2D eigenvalue weighted by molar-refractivity contribution is 4.68. The molecule has 2 saturated heterocycles. The van der Waals surface area contributed by atoms with E-state index in [1.165, 1.54) is 116 Å². The summed E-state index contributed by atoms with van der Waals surface area (Å²) >= 11 is 0. The van der Waals surface area contributed by atoms with Gasteiger partial charge >= 0.3 is 0 Å². The van der Waals surface area contributed by atoms with E-state index in [0.717, 1.165) is 73.1 Å². The maximum Gasteiger partial charge on any atom is 0.154 e. The fourth-order valence-electron chi connectivity index (χ4n) is 7.42. The molecule has 6 fully saturated rings. The molecule has 0 aromatic carbocycles. The zero-order chi connectivity index (χ0) is 35.9. The van der Waals surface area contributed by atoms with E-state index < -0.39 is 0 Å². The molecule has 4 aliphatic carbocycles. The molecule has 2 unspecified atom stereocenters. The topological polar surface area (TPSA) is 27.7 Å². The van der Waals surface area contributed by atoms with Gasteiger partial charge in [0, 0.05) is 12.5 Å². The molecule has 0 N–H and O–H groups in total. The highest BCUT2D eigenvalue weighted by Gasteiger charge is 2.16. The number of hydrogen-bond donors (Lipinski definition) is 0. The van der Waals surface area contributed by atoms with Crippen LogP contribution in [0, 0.1) is 59.2 Å². The van der Waals surface area contributed by atoms with Crippen molar-refractivity contribution in [1.29, 1.82) is 0 Å². The SMILES string of the molecule is C.C.C.C.C.C.CC1CCC(C)CC1.CC1CCC(C)CC1.CC1CCC(C)CC1.CC1CCC(C)CC1.CC1CCC(C)OC1.CC1COC(C)OC1. The van der Waals surface area contributed by atoms with Crippen molar-refractivity contribution in [3.8, 4) is 0 Å². The minimum Gasteiger partial charge on any atom is -0.378 e. The lowest BCUT2D eigenvalue weighted by atomic mass is 9.84. The fourth-order valence-corrected chi connectivity index (χ4v) is 7.42. The van der Waals surface area contributed by atoms with Crippen molar-refractivity contribution < 1.29 is 14.2 Å². The fraction of sp³-hybridized carbons (Fsp3) is 1.00. The minimum absolute atomic E-state index is 0. The molecule has 0 radical (unpaired) electrons. The molecule has 3 heteroatoms. The Balaban J connectivity index is -0.000000125. The molecule has 0 aromatic heterocycles. The van der Waals surface area contributed by atoms with Gasteiger partial charge in [-0.3, -0.25) is 0 Å². The van der Waals surface area contributed by atoms with Gasteiger partial charge in [0.25, 0.3) is 0 Å². The lowest BCUT2D eigenvalue weighted by Gasteiger charge is -2.24. The maximum atomic E-state index is 5.39. The Morgan fingerprint density at radius 3 is 0.556 bits per heavy atom. The van der Waals surface area contributed by atoms with Crippen LogP contribution in [0.1, 0.15) is 243 Å². The van der Waals surface area contributed by atoms with Crippen LogP contribution in [0.25, 0.3) is 0 Å². The standard InChI is InChI=1S/4C8H16.C7H14O.C6H12O2.6CH4/c4*1-7-3-5-8(2)6-4-7;1-6-3-4-7(2)8-5-6;1-5-3-7-6(2)8-4-5;;;;;;/h4*7-8H,3-6H2,1-2H3;6-7H,3-5H2,1-2H3;5-6H,3-4H2,1-2H3;6*1H4. The second-order valence-corrected chi connectivity index (χ2v) is 18.6. The van der Waals surface area contributed by atoms with Crippen LogP contribution in [0.2, 0.25) is 0 Å². The lowest BCUT2D eigenvalue weighted by molar-refractivity contribution is -0.187. The molecule has 2 aliphatic heterocycles. The van der Waals surface area contributed by atoms with Gasteiger partial charge in [-0.2, -0.15) is 0 Å². The van der Waals surface area contributed by atoms with E-state index in [2.05, 4.69) is 76.2 Å². The first kappa shape index (κ1) is 65.7. The molecule has 4 saturated carbocycles. The number of hydrogen-bond acceptors (Lipinski definition) is 3. The molecule has 0 spiro atoms. The third-order valence-electron chi connectivity index (χ3n) is 12.2. The van der Waals surface area contributed by atoms with Crippen molar-refractivity contribution in [3.63, 3.8) is 0 Å². The third kappa shape index (κ3) is 37.5. The van der Waals surface area contributed by atoms with Crippen LogP contribution in [-0.2, 0) is 14.2 Å². The Kier molecular flexibility index (Phi) is 48.3. The molecule has 54 heavy (non-hydrogen) atoms. The summed E-state index contributed by atoms with van der Waals surface area (Å²) in [5.41, 5.74) is 0. The molecule has 6 aliphatic rings. The predicted octanol–water partition coefficient (Wildman–Crippen LogP) is 18.0. The smallest absolute Gasteiger partial charge is 0.154 e. The number of rotatable bonds is 0. The van der Waals surface area contributed by atoms with Crippen molar-refractivity contribution in [3.05, 3.63) is 0 Å². The summed E-state index contributed by atoms with van der Waals surface area (Å²) < 4.78 is 15.7. The first-order chi connectivity index (χ1) is 22.7. The molecular formula is C51H114O3. The zero-order valence-corrected chi connectivity index (χ0v) is 35.0. The molecule has 336 valence electrons. The van der Waals surface area contributed by atoms with Gasteiger partial charge in [0.15, 0.2) is 6.29 Å². The van der Waals surface area contributed by atoms with Gasteiger partial charge in [0.1, 0.15) is 0 Å². The predicted molar refractivity (Wildman–Crippen MR) is 252 cm³/mol. The molecule has 6 rings (SSSR count). The number of ether oxygens (including phenoxy) is 3. The molecule has 3 nitrogen and oxygen atoms in total. The van der Waals surface area contributed by atoms with Crippen molar-refractivity contribution in [2.75, 3.05) is 19.8 Å². The van der Waals surface area contributed by atoms with Crippen LogP contribution < -0.4 is 0 Å². The minimum atomic E-state index is 0. The van der Waals surface area contributed by atoms with Crippen molar-refractivity contribution in [2.45, 2.75) is 256 Å². The Morgan fingerprint density at radius 2 is 0.407 bits per heavy atom. The molecule has 2 atom stereocenters. The first-order valence-electron chi connectivity index (χ1n) is 21.6. The Morgan fingerprint density at radius 1 is 0.222 bits per heavy atom. The lowest BCUT2D eigenvalue weighted by Crippen LogP contribution is -2.27. The highest BCUT2D eigenvalue weighted by Crippen LogP contribution is 2.29. The normalized spacial score (nSPS) is 35.3. The molecule has 0 aromatic rings. The van der Waals surface area contributed by atoms with Crippen LogP contribution in [0.5, 0.6) is 0 Å². The highest BCUT2D eigenvalue weighted by atomic mass is 16.7. The van der Waals surface area contributed by atoms with Gasteiger partial charge < -0.3 is 14.2 Å². The molecule has 0 bridgehead atoms. The van der Waals surface area contributed by atoms with Gasteiger partial charge in [-0.1, -0.05) is 217 Å². The Bertz CT molecular complexity index is 462. The molecule has 2 heterocycles. The average Bonchev–Trinajstić information content (AvgIpc) is 3.07. The van der Waals surface area contributed by atoms with E-state index in [9.17, 15) is 0 Å². The van der Waals surface area contributed by atoms with E-state index in [-0.39, 0.29) is 50.8 Å². The Hall–Kier alpha value is -0.120. The summed E-state index contributed by atoms with van der Waals surface area (Å²) in [7, 11) is 0. The molecular weight excluding hydrogens is 661 g/mol. The van der Waals surface area contributed by atoms with E-state index in [1.807, 2.05) is 6.92 Å². The van der Waals surface area contributed by atoms with Crippen molar-refractivity contribution >= 4 is 0 Å². The van der Waals surface area contributed by atoms with Gasteiger partial charge in [-0.25, -0.2) is 0 Å². The summed E-state index contributed by atoms with van der Waals surface area (Å²) in [6.45, 7) is 30.0. The van der Waals surface area contributed by atoms with Crippen LogP contribution in [0.3, 0.4) is 0 Å². The summed E-state index contributed by atoms with van der Waals surface area (Å²) in [5.74, 6) is 9.53. The van der Waals surface area contributed by atoms with Gasteiger partial charge in [0.05, 0.1) is 19.3 Å². The van der Waals surface area contributed by atoms with Crippen molar-refractivity contribution in [1.82, 2.24) is 0 Å². The Labute approximate surface area is 347 Å². The maximum absolute atomic E-state index is 5.39. The summed E-state index contributed by atoms with van der Waals surface area (Å²) in [5, 5.41) is 0. The summed E-state index contributed by atoms with van der Waals surface area (Å²) in [4.78, 5) is 0. The zero-order valence-electron chi connectivity index (χ0n) is 35.0. The van der Waals surface area contributed by atoms with Gasteiger partial charge in [-0.05, 0) is 80.0 Å².